The molecule has 0 amide bonds. The van der Waals surface area contributed by atoms with E-state index < -0.39 is 0 Å². The number of carbonyl (C=O) groups excluding carboxylic acids is 1. The Morgan fingerprint density at radius 2 is 2.08 bits per heavy atom. The van der Waals surface area contributed by atoms with Crippen molar-refractivity contribution < 1.29 is 14.3 Å². The number of esters is 1. The lowest BCUT2D eigenvalue weighted by Crippen LogP contribution is -1.98. The minimum absolute atomic E-state index is 0.269. The lowest BCUT2D eigenvalue weighted by atomic mass is 10.5. The molecule has 0 spiro atoms. The Balaban J connectivity index is 0. The van der Waals surface area contributed by atoms with E-state index in [4.69, 9.17) is 0 Å². The summed E-state index contributed by atoms with van der Waals surface area (Å²) in [7, 11) is 1.56. The van der Waals surface area contributed by atoms with E-state index in [1.54, 1.807) is 27.0 Å². The molecule has 0 saturated carbocycles. The van der Waals surface area contributed by atoms with Gasteiger partial charge in [-0.25, -0.2) is 4.79 Å². The summed E-state index contributed by atoms with van der Waals surface area (Å²) in [6.07, 6.45) is 4.42. The van der Waals surface area contributed by atoms with Gasteiger partial charge in [0.2, 0.25) is 0 Å². The fourth-order valence-corrected chi connectivity index (χ4v) is 0.326. The summed E-state index contributed by atoms with van der Waals surface area (Å²) in [6, 6.07) is 0. The van der Waals surface area contributed by atoms with E-state index in [2.05, 4.69) is 16.1 Å². The van der Waals surface area contributed by atoms with Crippen LogP contribution in [0, 0.1) is 0 Å². The first-order valence-electron chi connectivity index (χ1n) is 3.66. The predicted octanol–water partition coefficient (Wildman–Crippen LogP) is 1.90. The van der Waals surface area contributed by atoms with E-state index in [1.165, 1.54) is 12.3 Å². The Kier molecular flexibility index (Phi) is 13.8. The van der Waals surface area contributed by atoms with Gasteiger partial charge in [0.15, 0.2) is 0 Å². The van der Waals surface area contributed by atoms with Crippen molar-refractivity contribution in [3.8, 4) is 0 Å². The maximum absolute atomic E-state index is 10.3. The van der Waals surface area contributed by atoms with E-state index >= 15 is 0 Å². The molecular formula is C9H16O3. The second kappa shape index (κ2) is 12.4. The molecule has 0 aromatic rings. The SMILES string of the molecule is C/C=C/C(=O)OCC.C=COC. The molecular weight excluding hydrogens is 156 g/mol. The van der Waals surface area contributed by atoms with E-state index in [-0.39, 0.29) is 5.97 Å². The average molecular weight is 172 g/mol. The summed E-state index contributed by atoms with van der Waals surface area (Å²) in [5.41, 5.74) is 0. The number of hydrogen-bond donors (Lipinski definition) is 0. The Hall–Kier alpha value is -1.25. The van der Waals surface area contributed by atoms with E-state index in [0.29, 0.717) is 6.61 Å². The maximum atomic E-state index is 10.3. The average Bonchev–Trinajstić information content (AvgIpc) is 2.06. The quantitative estimate of drug-likeness (QED) is 0.370. The summed E-state index contributed by atoms with van der Waals surface area (Å²) in [5, 5.41) is 0. The number of rotatable bonds is 3. The summed E-state index contributed by atoms with van der Waals surface area (Å²) < 4.78 is 8.86. The smallest absolute Gasteiger partial charge is 0.330 e. The van der Waals surface area contributed by atoms with E-state index in [9.17, 15) is 4.79 Å². The van der Waals surface area contributed by atoms with Crippen LogP contribution in [0.4, 0.5) is 0 Å². The second-order valence-corrected chi connectivity index (χ2v) is 1.65. The van der Waals surface area contributed by atoms with Crippen LogP contribution < -0.4 is 0 Å². The van der Waals surface area contributed by atoms with Gasteiger partial charge in [-0.3, -0.25) is 0 Å². The van der Waals surface area contributed by atoms with Gasteiger partial charge in [0, 0.05) is 6.08 Å². The van der Waals surface area contributed by atoms with Crippen molar-refractivity contribution in [3.63, 3.8) is 0 Å². The van der Waals surface area contributed by atoms with Gasteiger partial charge in [0.05, 0.1) is 20.0 Å². The van der Waals surface area contributed by atoms with Crippen LogP contribution in [0.25, 0.3) is 0 Å². The highest BCUT2D eigenvalue weighted by molar-refractivity contribution is 5.81. The normalized spacial score (nSPS) is 8.25. The zero-order chi connectivity index (χ0) is 9.82. The molecule has 0 aromatic heterocycles. The number of methoxy groups -OCH3 is 1. The molecule has 70 valence electrons. The van der Waals surface area contributed by atoms with Crippen LogP contribution in [0.3, 0.4) is 0 Å². The van der Waals surface area contributed by atoms with Crippen LogP contribution >= 0.6 is 0 Å². The van der Waals surface area contributed by atoms with Crippen molar-refractivity contribution in [3.05, 3.63) is 25.0 Å². The Morgan fingerprint density at radius 1 is 1.58 bits per heavy atom. The van der Waals surface area contributed by atoms with Crippen LogP contribution in [0.2, 0.25) is 0 Å². The van der Waals surface area contributed by atoms with Crippen molar-refractivity contribution in [1.82, 2.24) is 0 Å². The van der Waals surface area contributed by atoms with Gasteiger partial charge in [0.25, 0.3) is 0 Å². The highest BCUT2D eigenvalue weighted by Crippen LogP contribution is 1.78. The minimum atomic E-state index is -0.269. The topological polar surface area (TPSA) is 35.5 Å². The lowest BCUT2D eigenvalue weighted by Gasteiger charge is -1.91. The number of allylic oxidation sites excluding steroid dienone is 1. The molecule has 0 fully saturated rings. The maximum Gasteiger partial charge on any atom is 0.330 e. The first-order valence-corrected chi connectivity index (χ1v) is 3.66. The fourth-order valence-electron chi connectivity index (χ4n) is 0.326. The van der Waals surface area contributed by atoms with Crippen LogP contribution in [-0.4, -0.2) is 19.7 Å². The Bertz CT molecular complexity index is 139. The van der Waals surface area contributed by atoms with Gasteiger partial charge in [-0.15, -0.1) is 0 Å². The monoisotopic (exact) mass is 172 g/mol. The summed E-state index contributed by atoms with van der Waals surface area (Å²) >= 11 is 0. The standard InChI is InChI=1S/C6H10O2.C3H6O/c1-3-5-6(7)8-4-2;1-3-4-2/h3,5H,4H2,1-2H3;3H,1H2,2H3/b5-3+;. The molecule has 0 unspecified atom stereocenters. The van der Waals surface area contributed by atoms with Gasteiger partial charge in [0.1, 0.15) is 0 Å². The predicted molar refractivity (Wildman–Crippen MR) is 48.7 cm³/mol. The van der Waals surface area contributed by atoms with Gasteiger partial charge >= 0.3 is 5.97 Å². The Labute approximate surface area is 73.7 Å². The molecule has 0 aromatic carbocycles. The van der Waals surface area contributed by atoms with Crippen molar-refractivity contribution in [1.29, 1.82) is 0 Å². The molecule has 0 N–H and O–H groups in total. The molecule has 3 nitrogen and oxygen atoms in total. The molecule has 12 heavy (non-hydrogen) atoms. The first kappa shape index (κ1) is 13.3. The molecule has 0 aliphatic carbocycles. The van der Waals surface area contributed by atoms with Crippen molar-refractivity contribution in [2.24, 2.45) is 0 Å². The molecule has 0 aliphatic heterocycles. The highest BCUT2D eigenvalue weighted by atomic mass is 16.5. The van der Waals surface area contributed by atoms with Gasteiger partial charge in [-0.2, -0.15) is 0 Å². The molecule has 3 heteroatoms. The molecule has 0 aliphatic rings. The van der Waals surface area contributed by atoms with Crippen LogP contribution in [0.1, 0.15) is 13.8 Å². The number of hydrogen-bond acceptors (Lipinski definition) is 3. The molecule has 0 heterocycles. The van der Waals surface area contributed by atoms with Gasteiger partial charge in [-0.1, -0.05) is 12.7 Å². The number of carbonyl (C=O) groups is 1. The minimum Gasteiger partial charge on any atom is -0.505 e. The van der Waals surface area contributed by atoms with Crippen molar-refractivity contribution >= 4 is 5.97 Å². The zero-order valence-corrected chi connectivity index (χ0v) is 7.87. The fraction of sp³-hybridized carbons (Fsp3) is 0.444. The molecule has 0 saturated heterocycles. The molecule has 0 atom stereocenters. The van der Waals surface area contributed by atoms with Crippen molar-refractivity contribution in [2.45, 2.75) is 13.8 Å². The molecule has 0 radical (unpaired) electrons. The third kappa shape index (κ3) is 15.9. The van der Waals surface area contributed by atoms with Crippen LogP contribution in [-0.2, 0) is 14.3 Å². The Morgan fingerprint density at radius 3 is 2.33 bits per heavy atom. The highest BCUT2D eigenvalue weighted by Gasteiger charge is 1.88. The van der Waals surface area contributed by atoms with Crippen molar-refractivity contribution in [2.75, 3.05) is 13.7 Å². The van der Waals surface area contributed by atoms with E-state index in [0.717, 1.165) is 0 Å². The third-order valence-electron chi connectivity index (χ3n) is 0.756. The zero-order valence-electron chi connectivity index (χ0n) is 7.87. The first-order chi connectivity index (χ1) is 5.72. The third-order valence-corrected chi connectivity index (χ3v) is 0.756. The summed E-state index contributed by atoms with van der Waals surface area (Å²) in [4.78, 5) is 10.3. The second-order valence-electron chi connectivity index (χ2n) is 1.65. The number of ether oxygens (including phenoxy) is 2. The molecule has 0 rings (SSSR count). The van der Waals surface area contributed by atoms with Gasteiger partial charge in [-0.05, 0) is 13.8 Å². The molecule has 0 bridgehead atoms. The lowest BCUT2D eigenvalue weighted by molar-refractivity contribution is -0.137. The van der Waals surface area contributed by atoms with Gasteiger partial charge < -0.3 is 9.47 Å². The summed E-state index contributed by atoms with van der Waals surface area (Å²) in [6.45, 7) is 7.26. The van der Waals surface area contributed by atoms with E-state index in [1.807, 2.05) is 0 Å². The summed E-state index contributed by atoms with van der Waals surface area (Å²) in [5.74, 6) is -0.269. The van der Waals surface area contributed by atoms with Crippen LogP contribution in [0.5, 0.6) is 0 Å². The largest absolute Gasteiger partial charge is 0.505 e. The van der Waals surface area contributed by atoms with Crippen LogP contribution in [0.15, 0.2) is 25.0 Å².